The van der Waals surface area contributed by atoms with Gasteiger partial charge in [0.1, 0.15) is 0 Å². The van der Waals surface area contributed by atoms with Gasteiger partial charge in [-0.15, -0.1) is 0 Å². The summed E-state index contributed by atoms with van der Waals surface area (Å²) >= 11 is 0. The first kappa shape index (κ1) is 12.2. The van der Waals surface area contributed by atoms with Crippen molar-refractivity contribution in [2.45, 2.75) is 53.1 Å². The Morgan fingerprint density at radius 2 is 1.64 bits per heavy atom. The Morgan fingerprint density at radius 1 is 1.14 bits per heavy atom. The first-order valence-electron chi connectivity index (χ1n) is 5.24. The largest absolute Gasteiger partial charge is 0.282 e. The first-order valence-corrected chi connectivity index (χ1v) is 6.73. The highest BCUT2D eigenvalue weighted by Crippen LogP contribution is 2.34. The van der Waals surface area contributed by atoms with Gasteiger partial charge in [-0.3, -0.25) is 9.11 Å². The molecule has 2 nitrogen and oxygen atoms in total. The molecule has 0 amide bonds. The normalized spacial score (nSPS) is 31.0. The predicted octanol–water partition coefficient (Wildman–Crippen LogP) is 2.22. The van der Waals surface area contributed by atoms with Crippen LogP contribution in [-0.2, 0) is 10.8 Å². The van der Waals surface area contributed by atoms with Gasteiger partial charge < -0.3 is 0 Å². The van der Waals surface area contributed by atoms with E-state index in [1.807, 2.05) is 0 Å². The third kappa shape index (κ3) is 2.57. The molecular weight excluding hydrogens is 194 g/mol. The van der Waals surface area contributed by atoms with E-state index >= 15 is 0 Å². The van der Waals surface area contributed by atoms with Crippen molar-refractivity contribution in [1.82, 2.24) is 4.90 Å². The number of nitrogens with zero attached hydrogens (tertiary/aromatic N) is 1. The van der Waals surface area contributed by atoms with Gasteiger partial charge in [-0.1, -0.05) is 20.8 Å². The molecule has 1 rings (SSSR count). The van der Waals surface area contributed by atoms with E-state index in [9.17, 15) is 4.21 Å². The fraction of sp³-hybridized carbons (Fsp3) is 1.00. The van der Waals surface area contributed by atoms with Crippen LogP contribution in [0.15, 0.2) is 0 Å². The molecule has 84 valence electrons. The lowest BCUT2D eigenvalue weighted by Crippen LogP contribution is -2.50. The van der Waals surface area contributed by atoms with E-state index in [2.05, 4.69) is 46.4 Å². The first-order chi connectivity index (χ1) is 6.12. The van der Waals surface area contributed by atoms with Crippen molar-refractivity contribution in [3.63, 3.8) is 0 Å². The van der Waals surface area contributed by atoms with Crippen molar-refractivity contribution in [3.05, 3.63) is 0 Å². The summed E-state index contributed by atoms with van der Waals surface area (Å²) in [5, 5.41) is 0. The monoisotopic (exact) mass is 217 g/mol. The van der Waals surface area contributed by atoms with Crippen LogP contribution < -0.4 is 0 Å². The SMILES string of the molecule is CC(C)(C)C1CS(=O)CN1C(C)(C)C. The average Bonchev–Trinajstić information content (AvgIpc) is 2.27. The maximum atomic E-state index is 11.6. The molecule has 1 fully saturated rings. The second-order valence-corrected chi connectivity index (χ2v) is 7.73. The Bertz CT molecular complexity index is 213. The van der Waals surface area contributed by atoms with Crippen molar-refractivity contribution < 1.29 is 4.21 Å². The van der Waals surface area contributed by atoms with Crippen LogP contribution in [0.4, 0.5) is 0 Å². The summed E-state index contributed by atoms with van der Waals surface area (Å²) in [6.07, 6.45) is 0. The minimum Gasteiger partial charge on any atom is -0.282 e. The topological polar surface area (TPSA) is 20.3 Å². The van der Waals surface area contributed by atoms with Crippen LogP contribution in [0.25, 0.3) is 0 Å². The average molecular weight is 217 g/mol. The van der Waals surface area contributed by atoms with E-state index in [1.54, 1.807) is 0 Å². The summed E-state index contributed by atoms with van der Waals surface area (Å²) in [4.78, 5) is 2.39. The Balaban J connectivity index is 2.89. The predicted molar refractivity (Wildman–Crippen MR) is 62.7 cm³/mol. The summed E-state index contributed by atoms with van der Waals surface area (Å²) in [6.45, 7) is 13.3. The zero-order valence-electron chi connectivity index (χ0n) is 10.3. The van der Waals surface area contributed by atoms with Gasteiger partial charge in [0.25, 0.3) is 0 Å². The second-order valence-electron chi connectivity index (χ2n) is 6.26. The molecule has 0 spiro atoms. The fourth-order valence-corrected chi connectivity index (χ4v) is 3.96. The van der Waals surface area contributed by atoms with Gasteiger partial charge in [0.05, 0.1) is 5.88 Å². The van der Waals surface area contributed by atoms with Crippen molar-refractivity contribution in [3.8, 4) is 0 Å². The molecule has 1 heterocycles. The highest BCUT2D eigenvalue weighted by atomic mass is 32.2. The van der Waals surface area contributed by atoms with Gasteiger partial charge in [0, 0.05) is 28.1 Å². The summed E-state index contributed by atoms with van der Waals surface area (Å²) in [7, 11) is -0.650. The fourth-order valence-electron chi connectivity index (χ4n) is 1.94. The highest BCUT2D eigenvalue weighted by Gasteiger charge is 2.42. The Labute approximate surface area is 90.5 Å². The maximum Gasteiger partial charge on any atom is 0.0755 e. The molecule has 1 aliphatic heterocycles. The van der Waals surface area contributed by atoms with Gasteiger partial charge in [-0.05, 0) is 26.2 Å². The Morgan fingerprint density at radius 3 is 1.93 bits per heavy atom. The van der Waals surface area contributed by atoms with Crippen LogP contribution in [0.2, 0.25) is 0 Å². The summed E-state index contributed by atoms with van der Waals surface area (Å²) < 4.78 is 11.6. The minimum absolute atomic E-state index is 0.129. The minimum atomic E-state index is -0.650. The number of hydrogen-bond acceptors (Lipinski definition) is 2. The van der Waals surface area contributed by atoms with Gasteiger partial charge in [0.2, 0.25) is 0 Å². The molecule has 0 bridgehead atoms. The number of rotatable bonds is 0. The second kappa shape index (κ2) is 3.60. The van der Waals surface area contributed by atoms with Gasteiger partial charge in [-0.25, -0.2) is 0 Å². The van der Waals surface area contributed by atoms with Gasteiger partial charge >= 0.3 is 0 Å². The van der Waals surface area contributed by atoms with E-state index in [0.29, 0.717) is 6.04 Å². The molecular formula is C11H23NOS. The molecule has 14 heavy (non-hydrogen) atoms. The molecule has 3 heteroatoms. The van der Waals surface area contributed by atoms with Crippen molar-refractivity contribution in [1.29, 1.82) is 0 Å². The van der Waals surface area contributed by atoms with Crippen LogP contribution in [0.5, 0.6) is 0 Å². The summed E-state index contributed by atoms with van der Waals surface area (Å²) in [5.41, 5.74) is 0.351. The van der Waals surface area contributed by atoms with Crippen molar-refractivity contribution >= 4 is 10.8 Å². The highest BCUT2D eigenvalue weighted by molar-refractivity contribution is 7.85. The molecule has 1 saturated heterocycles. The van der Waals surface area contributed by atoms with E-state index in [-0.39, 0.29) is 11.0 Å². The molecule has 0 radical (unpaired) electrons. The maximum absolute atomic E-state index is 11.6. The lowest BCUT2D eigenvalue weighted by molar-refractivity contribution is 0.0651. The van der Waals surface area contributed by atoms with Crippen LogP contribution in [0, 0.1) is 5.41 Å². The van der Waals surface area contributed by atoms with Crippen LogP contribution in [-0.4, -0.2) is 32.3 Å². The Kier molecular flexibility index (Phi) is 3.13. The quantitative estimate of drug-likeness (QED) is 0.620. The smallest absolute Gasteiger partial charge is 0.0755 e. The molecule has 1 aliphatic rings. The van der Waals surface area contributed by atoms with Crippen LogP contribution in [0.1, 0.15) is 41.5 Å². The molecule has 2 atom stereocenters. The molecule has 0 aromatic heterocycles. The Hall–Kier alpha value is 0.110. The summed E-state index contributed by atoms with van der Waals surface area (Å²) in [5.74, 6) is 1.58. The molecule has 2 unspecified atom stereocenters. The zero-order valence-corrected chi connectivity index (χ0v) is 11.1. The van der Waals surface area contributed by atoms with Crippen molar-refractivity contribution in [2.75, 3.05) is 11.6 Å². The van der Waals surface area contributed by atoms with E-state index in [0.717, 1.165) is 11.6 Å². The molecule has 0 aromatic carbocycles. The zero-order chi connectivity index (χ0) is 11.1. The summed E-state index contributed by atoms with van der Waals surface area (Å²) in [6, 6.07) is 0.448. The lowest BCUT2D eigenvalue weighted by atomic mass is 9.85. The van der Waals surface area contributed by atoms with E-state index < -0.39 is 10.8 Å². The number of hydrogen-bond donors (Lipinski definition) is 0. The third-order valence-electron chi connectivity index (χ3n) is 2.86. The van der Waals surface area contributed by atoms with Crippen molar-refractivity contribution in [2.24, 2.45) is 5.41 Å². The van der Waals surface area contributed by atoms with Gasteiger partial charge in [-0.2, -0.15) is 0 Å². The van der Waals surface area contributed by atoms with Gasteiger partial charge in [0.15, 0.2) is 0 Å². The van der Waals surface area contributed by atoms with E-state index in [4.69, 9.17) is 0 Å². The molecule has 0 aliphatic carbocycles. The van der Waals surface area contributed by atoms with Crippen LogP contribution in [0.3, 0.4) is 0 Å². The molecule has 0 aromatic rings. The lowest BCUT2D eigenvalue weighted by Gasteiger charge is -2.42. The van der Waals surface area contributed by atoms with Crippen LogP contribution >= 0.6 is 0 Å². The molecule has 0 N–H and O–H groups in total. The standard InChI is InChI=1S/C11H23NOS/c1-10(2,3)9-7-14(13)8-12(9)11(4,5)6/h9H,7-8H2,1-6H3. The molecule has 0 saturated carbocycles. The third-order valence-corrected chi connectivity index (χ3v) is 4.12. The van der Waals surface area contributed by atoms with E-state index in [1.165, 1.54) is 0 Å².